The molecular weight excluding hydrogens is 510 g/mol. The van der Waals surface area contributed by atoms with Gasteiger partial charge >= 0.3 is 5.63 Å². The molecule has 0 spiro atoms. The van der Waals surface area contributed by atoms with Crippen LogP contribution >= 0.6 is 11.3 Å². The Morgan fingerprint density at radius 3 is 2.62 bits per heavy atom. The molecule has 1 atom stereocenters. The number of fused-ring (bicyclic) bond motifs is 4. The summed E-state index contributed by atoms with van der Waals surface area (Å²) in [5, 5.41) is 16.4. The summed E-state index contributed by atoms with van der Waals surface area (Å²) in [6, 6.07) is 25.0. The molecule has 9 heteroatoms. The van der Waals surface area contributed by atoms with E-state index in [-0.39, 0.29) is 22.8 Å². The highest BCUT2D eigenvalue weighted by Gasteiger charge is 2.38. The fourth-order valence-corrected chi connectivity index (χ4v) is 5.86. The van der Waals surface area contributed by atoms with Gasteiger partial charge in [-0.15, -0.1) is 0 Å². The Balaban J connectivity index is 1.53. The predicted molar refractivity (Wildman–Crippen MR) is 149 cm³/mol. The zero-order valence-corrected chi connectivity index (χ0v) is 21.4. The van der Waals surface area contributed by atoms with Crippen LogP contribution in [-0.2, 0) is 0 Å². The number of hydrogen-bond donors (Lipinski definition) is 1. The number of rotatable bonds is 3. The quantitative estimate of drug-likeness (QED) is 0.288. The molecule has 8 nitrogen and oxygen atoms in total. The second-order valence-electron chi connectivity index (χ2n) is 9.26. The third-order valence-corrected chi connectivity index (χ3v) is 7.86. The summed E-state index contributed by atoms with van der Waals surface area (Å²) < 4.78 is 14.3. The molecule has 0 saturated carbocycles. The number of benzene rings is 3. The lowest BCUT2D eigenvalue weighted by molar-refractivity contribution is 0.388. The van der Waals surface area contributed by atoms with Crippen molar-refractivity contribution in [2.75, 3.05) is 0 Å². The van der Waals surface area contributed by atoms with E-state index in [1.54, 1.807) is 22.9 Å². The van der Waals surface area contributed by atoms with Gasteiger partial charge in [0.05, 0.1) is 32.8 Å². The van der Waals surface area contributed by atoms with Crippen molar-refractivity contribution < 1.29 is 9.15 Å². The van der Waals surface area contributed by atoms with Crippen molar-refractivity contribution in [1.29, 1.82) is 5.26 Å². The highest BCUT2D eigenvalue weighted by atomic mass is 32.1. The molecule has 0 saturated heterocycles. The molecule has 188 valence electrons. The second-order valence-corrected chi connectivity index (χ2v) is 10.3. The van der Waals surface area contributed by atoms with Gasteiger partial charge in [-0.05, 0) is 31.2 Å². The fourth-order valence-electron chi connectivity index (χ4n) is 4.97. The van der Waals surface area contributed by atoms with Gasteiger partial charge in [-0.25, -0.2) is 14.5 Å². The minimum absolute atomic E-state index is 0.0617. The maximum absolute atomic E-state index is 13.5. The van der Waals surface area contributed by atoms with Crippen molar-refractivity contribution in [3.63, 3.8) is 0 Å². The molecule has 0 aliphatic carbocycles. The minimum atomic E-state index is -0.862. The Kier molecular flexibility index (Phi) is 5.11. The molecule has 1 aliphatic rings. The number of nitrogens with two attached hydrogens (primary N) is 1. The maximum Gasteiger partial charge on any atom is 0.344 e. The molecule has 0 fully saturated rings. The first kappa shape index (κ1) is 23.0. The van der Waals surface area contributed by atoms with Crippen molar-refractivity contribution >= 4 is 32.5 Å². The molecule has 2 N–H and O–H groups in total. The highest BCUT2D eigenvalue weighted by Crippen LogP contribution is 2.46. The van der Waals surface area contributed by atoms with Gasteiger partial charge in [0.2, 0.25) is 11.0 Å². The summed E-state index contributed by atoms with van der Waals surface area (Å²) >= 11 is 1.50. The van der Waals surface area contributed by atoms with Crippen LogP contribution in [0, 0.1) is 18.3 Å². The summed E-state index contributed by atoms with van der Waals surface area (Å²) in [4.78, 5) is 18.2. The number of para-hydroxylation sites is 2. The lowest BCUT2D eigenvalue weighted by Gasteiger charge is -2.25. The first-order valence-corrected chi connectivity index (χ1v) is 13.0. The number of nitrogens with zero attached hydrogens (tertiary/aromatic N) is 4. The molecule has 1 aliphatic heterocycles. The molecule has 4 heterocycles. The normalized spacial score (nSPS) is 14.8. The zero-order valence-electron chi connectivity index (χ0n) is 20.6. The molecule has 0 radical (unpaired) electrons. The van der Waals surface area contributed by atoms with E-state index in [4.69, 9.17) is 25.0 Å². The van der Waals surface area contributed by atoms with Gasteiger partial charge in [-0.3, -0.25) is 0 Å². The maximum atomic E-state index is 13.5. The molecule has 39 heavy (non-hydrogen) atoms. The van der Waals surface area contributed by atoms with E-state index in [2.05, 4.69) is 6.07 Å². The topological polar surface area (TPSA) is 120 Å². The standard InChI is InChI=1S/C30H19N5O3S/c1-16-10-12-17(13-11-16)26-20(15-35(34-26)30-33-21-7-3-5-9-23(21)39-30)24-19(14-31)28(32)38-27-18-6-2-4-8-22(18)37-29(36)25(24)27/h2-13,15,24H,32H2,1H3. The third kappa shape index (κ3) is 3.61. The monoisotopic (exact) mass is 529 g/mol. The molecular formula is C30H19N5O3S. The van der Waals surface area contributed by atoms with Crippen molar-refractivity contribution in [3.05, 3.63) is 118 Å². The first-order chi connectivity index (χ1) is 19.0. The van der Waals surface area contributed by atoms with Crippen molar-refractivity contribution in [1.82, 2.24) is 14.8 Å². The summed E-state index contributed by atoms with van der Waals surface area (Å²) in [6.07, 6.45) is 1.81. The Morgan fingerprint density at radius 2 is 1.82 bits per heavy atom. The molecule has 7 rings (SSSR count). The van der Waals surface area contributed by atoms with E-state index >= 15 is 0 Å². The van der Waals surface area contributed by atoms with E-state index in [0.29, 0.717) is 27.4 Å². The molecule has 0 amide bonds. The van der Waals surface area contributed by atoms with E-state index in [1.165, 1.54) is 11.3 Å². The molecule has 6 aromatic rings. The fraction of sp³-hybridized carbons (Fsp3) is 0.0667. The van der Waals surface area contributed by atoms with Gasteiger partial charge in [0.15, 0.2) is 5.75 Å². The number of thiazole rings is 1. The molecule has 3 aromatic carbocycles. The molecule has 3 aromatic heterocycles. The van der Waals surface area contributed by atoms with Crippen molar-refractivity contribution in [3.8, 4) is 28.2 Å². The van der Waals surface area contributed by atoms with Gasteiger partial charge in [-0.2, -0.15) is 10.4 Å². The van der Waals surface area contributed by atoms with Gasteiger partial charge < -0.3 is 14.9 Å². The smallest absolute Gasteiger partial charge is 0.344 e. The number of nitriles is 1. The van der Waals surface area contributed by atoms with Crippen LogP contribution < -0.4 is 16.1 Å². The van der Waals surface area contributed by atoms with Gasteiger partial charge in [0.1, 0.15) is 17.2 Å². The predicted octanol–water partition coefficient (Wildman–Crippen LogP) is 5.78. The number of aromatic nitrogens is 3. The lowest BCUT2D eigenvalue weighted by atomic mass is 9.83. The Bertz CT molecular complexity index is 2030. The Hall–Kier alpha value is -5.20. The SMILES string of the molecule is Cc1ccc(-c2nn(-c3nc4ccccc4s3)cc2C2C(C#N)=C(N)Oc3c2c(=O)oc2ccccc32)cc1. The van der Waals surface area contributed by atoms with E-state index in [0.717, 1.165) is 21.3 Å². The number of hydrogen-bond acceptors (Lipinski definition) is 8. The van der Waals surface area contributed by atoms with E-state index < -0.39 is 11.5 Å². The first-order valence-electron chi connectivity index (χ1n) is 12.2. The average molecular weight is 530 g/mol. The Morgan fingerprint density at radius 1 is 1.05 bits per heavy atom. The number of allylic oxidation sites excluding steroid dienone is 1. The van der Waals surface area contributed by atoms with Crippen LogP contribution in [0.25, 0.3) is 37.6 Å². The van der Waals surface area contributed by atoms with Gasteiger partial charge in [0, 0.05) is 17.3 Å². The van der Waals surface area contributed by atoms with Crippen LogP contribution in [0.15, 0.2) is 99.7 Å². The van der Waals surface area contributed by atoms with E-state index in [9.17, 15) is 10.1 Å². The minimum Gasteiger partial charge on any atom is -0.439 e. The van der Waals surface area contributed by atoms with Crippen LogP contribution in [0.3, 0.4) is 0 Å². The summed E-state index contributed by atoms with van der Waals surface area (Å²) in [7, 11) is 0. The second kappa shape index (κ2) is 8.68. The molecule has 1 unspecified atom stereocenters. The zero-order chi connectivity index (χ0) is 26.7. The van der Waals surface area contributed by atoms with Crippen LogP contribution in [0.1, 0.15) is 22.6 Å². The number of ether oxygens (including phenoxy) is 1. The van der Waals surface area contributed by atoms with Crippen LogP contribution in [0.4, 0.5) is 0 Å². The van der Waals surface area contributed by atoms with E-state index in [1.807, 2.05) is 67.7 Å². The third-order valence-electron chi connectivity index (χ3n) is 6.83. The average Bonchev–Trinajstić information content (AvgIpc) is 3.58. The molecule has 0 bridgehead atoms. The van der Waals surface area contributed by atoms with Gasteiger partial charge in [-0.1, -0.05) is 65.4 Å². The van der Waals surface area contributed by atoms with Gasteiger partial charge in [0.25, 0.3) is 0 Å². The highest BCUT2D eigenvalue weighted by molar-refractivity contribution is 7.20. The Labute approximate surface area is 225 Å². The lowest BCUT2D eigenvalue weighted by Crippen LogP contribution is -2.26. The summed E-state index contributed by atoms with van der Waals surface area (Å²) in [5.74, 6) is -0.640. The summed E-state index contributed by atoms with van der Waals surface area (Å²) in [6.45, 7) is 2.01. The van der Waals surface area contributed by atoms with Crippen molar-refractivity contribution in [2.45, 2.75) is 12.8 Å². The van der Waals surface area contributed by atoms with Crippen LogP contribution in [-0.4, -0.2) is 14.8 Å². The van der Waals surface area contributed by atoms with Crippen molar-refractivity contribution in [2.24, 2.45) is 5.73 Å². The van der Waals surface area contributed by atoms with Crippen LogP contribution in [0.5, 0.6) is 5.75 Å². The summed E-state index contributed by atoms with van der Waals surface area (Å²) in [5.41, 5.74) is 10.4. The number of aryl methyl sites for hydroxylation is 1. The van der Waals surface area contributed by atoms with Crippen LogP contribution in [0.2, 0.25) is 0 Å². The largest absolute Gasteiger partial charge is 0.439 e.